The molecule has 1 aromatic heterocycles. The molecule has 3 aromatic rings. The third kappa shape index (κ3) is 4.03. The minimum Gasteiger partial charge on any atom is -0.372 e. The van der Waals surface area contributed by atoms with E-state index in [-0.39, 0.29) is 12.0 Å². The van der Waals surface area contributed by atoms with Gasteiger partial charge in [-0.2, -0.15) is 4.37 Å². The maximum Gasteiger partial charge on any atom is 0.227 e. The van der Waals surface area contributed by atoms with Crippen LogP contribution in [0.15, 0.2) is 42.5 Å². The van der Waals surface area contributed by atoms with E-state index in [0.717, 1.165) is 70.1 Å². The van der Waals surface area contributed by atoms with E-state index in [2.05, 4.69) is 52.3 Å². The molecular weight excluding hydrogens is 432 g/mol. The van der Waals surface area contributed by atoms with Gasteiger partial charge >= 0.3 is 0 Å². The minimum absolute atomic E-state index is 0.0264. The van der Waals surface area contributed by atoms with Gasteiger partial charge in [-0.25, -0.2) is 0 Å². The van der Waals surface area contributed by atoms with Crippen LogP contribution in [0, 0.1) is 0 Å². The summed E-state index contributed by atoms with van der Waals surface area (Å²) in [6, 6.07) is 14.9. The van der Waals surface area contributed by atoms with Crippen molar-refractivity contribution in [2.75, 3.05) is 55.7 Å². The number of benzene rings is 2. The van der Waals surface area contributed by atoms with Crippen LogP contribution < -0.4 is 9.80 Å². The number of piperazine rings is 1. The van der Waals surface area contributed by atoms with Crippen molar-refractivity contribution in [1.29, 1.82) is 0 Å². The normalized spacial score (nSPS) is 20.6. The first-order chi connectivity index (χ1) is 16.3. The molecule has 3 aliphatic heterocycles. The fourth-order valence-electron chi connectivity index (χ4n) is 5.45. The number of carbonyl (C=O) groups is 1. The van der Waals surface area contributed by atoms with Crippen molar-refractivity contribution >= 4 is 39.0 Å². The summed E-state index contributed by atoms with van der Waals surface area (Å²) in [7, 11) is 0. The Bertz CT molecular complexity index is 1150. The number of carbonyl (C=O) groups excluding carboxylic acids is 1. The number of aromatic nitrogens is 1. The third-order valence-corrected chi connectivity index (χ3v) is 8.06. The topological polar surface area (TPSA) is 48.9 Å². The Hall–Kier alpha value is -2.48. The van der Waals surface area contributed by atoms with Crippen LogP contribution in [-0.4, -0.2) is 61.1 Å². The molecule has 2 aromatic carbocycles. The first-order valence-corrected chi connectivity index (χ1v) is 12.9. The van der Waals surface area contributed by atoms with Crippen molar-refractivity contribution in [1.82, 2.24) is 9.27 Å². The molecule has 4 heterocycles. The molecule has 6 rings (SSSR count). The Labute approximate surface area is 198 Å². The molecule has 0 N–H and O–H groups in total. The highest BCUT2D eigenvalue weighted by Crippen LogP contribution is 2.42. The summed E-state index contributed by atoms with van der Waals surface area (Å²) < 4.78 is 12.2. The number of unbranched alkanes of at least 4 members (excludes halogenated alkanes) is 1. The molecule has 7 heteroatoms. The van der Waals surface area contributed by atoms with Gasteiger partial charge < -0.3 is 14.5 Å². The number of para-hydroxylation sites is 1. The summed E-state index contributed by atoms with van der Waals surface area (Å²) in [4.78, 5) is 19.3. The van der Waals surface area contributed by atoms with Gasteiger partial charge in [0.05, 0.1) is 16.9 Å². The summed E-state index contributed by atoms with van der Waals surface area (Å²) >= 11 is 1.60. The Balaban J connectivity index is 0.951. The molecule has 0 bridgehead atoms. The average Bonchev–Trinajstić information content (AvgIpc) is 3.45. The molecule has 1 saturated heterocycles. The number of anilines is 2. The van der Waals surface area contributed by atoms with Crippen LogP contribution in [0.3, 0.4) is 0 Å². The number of amides is 1. The fraction of sp³-hybridized carbons (Fsp3) is 0.462. The molecular formula is C26H30N4O2S. The molecule has 1 unspecified atom stereocenters. The van der Waals surface area contributed by atoms with Crippen LogP contribution in [-0.2, 0) is 16.0 Å². The Kier molecular flexibility index (Phi) is 5.78. The largest absolute Gasteiger partial charge is 0.372 e. The zero-order valence-electron chi connectivity index (χ0n) is 18.9. The van der Waals surface area contributed by atoms with Crippen molar-refractivity contribution in [3.63, 3.8) is 0 Å². The van der Waals surface area contributed by atoms with Gasteiger partial charge in [-0.05, 0) is 55.0 Å². The van der Waals surface area contributed by atoms with Crippen molar-refractivity contribution in [2.45, 2.75) is 31.8 Å². The lowest BCUT2D eigenvalue weighted by atomic mass is 9.99. The van der Waals surface area contributed by atoms with E-state index in [4.69, 9.17) is 9.11 Å². The molecule has 0 aliphatic carbocycles. The van der Waals surface area contributed by atoms with Crippen molar-refractivity contribution < 1.29 is 9.53 Å². The molecule has 3 aliphatic rings. The fourth-order valence-corrected chi connectivity index (χ4v) is 6.25. The number of nitrogens with zero attached hydrogens (tertiary/aromatic N) is 4. The Morgan fingerprint density at radius 2 is 1.88 bits per heavy atom. The van der Waals surface area contributed by atoms with Crippen molar-refractivity contribution in [3.05, 3.63) is 53.6 Å². The van der Waals surface area contributed by atoms with E-state index < -0.39 is 0 Å². The highest BCUT2D eigenvalue weighted by molar-refractivity contribution is 7.13. The van der Waals surface area contributed by atoms with Gasteiger partial charge in [-0.1, -0.05) is 30.3 Å². The van der Waals surface area contributed by atoms with Gasteiger partial charge in [-0.15, -0.1) is 0 Å². The summed E-state index contributed by atoms with van der Waals surface area (Å²) in [5, 5.41) is 1.28. The number of rotatable bonds is 7. The number of hydrogen-bond acceptors (Lipinski definition) is 6. The molecule has 33 heavy (non-hydrogen) atoms. The van der Waals surface area contributed by atoms with Gasteiger partial charge in [0.15, 0.2) is 0 Å². The van der Waals surface area contributed by atoms with Crippen LogP contribution in [0.4, 0.5) is 11.5 Å². The summed E-state index contributed by atoms with van der Waals surface area (Å²) in [6.07, 6.45) is 3.70. The van der Waals surface area contributed by atoms with E-state index in [0.29, 0.717) is 13.0 Å². The van der Waals surface area contributed by atoms with Gasteiger partial charge in [-0.3, -0.25) is 9.69 Å². The van der Waals surface area contributed by atoms with E-state index in [1.54, 1.807) is 11.5 Å². The minimum atomic E-state index is 0.0264. The smallest absolute Gasteiger partial charge is 0.227 e. The van der Waals surface area contributed by atoms with Crippen LogP contribution >= 0.6 is 11.5 Å². The highest BCUT2D eigenvalue weighted by Gasteiger charge is 2.37. The summed E-state index contributed by atoms with van der Waals surface area (Å²) in [5.41, 5.74) is 3.62. The maximum atomic E-state index is 12.3. The van der Waals surface area contributed by atoms with Crippen molar-refractivity contribution in [2.24, 2.45) is 0 Å². The van der Waals surface area contributed by atoms with Gasteiger partial charge in [0, 0.05) is 50.2 Å². The highest BCUT2D eigenvalue weighted by atomic mass is 32.1. The molecule has 0 spiro atoms. The van der Waals surface area contributed by atoms with Gasteiger partial charge in [0.1, 0.15) is 11.9 Å². The van der Waals surface area contributed by atoms with Gasteiger partial charge in [0.2, 0.25) is 5.91 Å². The maximum absolute atomic E-state index is 12.3. The molecule has 1 atom stereocenters. The second-order valence-electron chi connectivity index (χ2n) is 9.26. The molecule has 1 amide bonds. The molecule has 172 valence electrons. The monoisotopic (exact) mass is 462 g/mol. The van der Waals surface area contributed by atoms with E-state index >= 15 is 0 Å². The van der Waals surface area contributed by atoms with Crippen LogP contribution in [0.2, 0.25) is 0 Å². The van der Waals surface area contributed by atoms with E-state index in [9.17, 15) is 4.79 Å². The zero-order valence-corrected chi connectivity index (χ0v) is 19.7. The lowest BCUT2D eigenvalue weighted by Crippen LogP contribution is -2.46. The number of fused-ring (bicyclic) bond motifs is 1. The average molecular weight is 463 g/mol. The summed E-state index contributed by atoms with van der Waals surface area (Å²) in [5.74, 6) is 1.39. The summed E-state index contributed by atoms with van der Waals surface area (Å²) in [6.45, 7) is 6.79. The van der Waals surface area contributed by atoms with Crippen LogP contribution in [0.5, 0.6) is 0 Å². The lowest BCUT2D eigenvalue weighted by Gasteiger charge is -2.35. The number of aryl methyl sites for hydroxylation is 1. The van der Waals surface area contributed by atoms with E-state index in [1.165, 1.54) is 21.2 Å². The number of hydrogen-bond donors (Lipinski definition) is 0. The van der Waals surface area contributed by atoms with Crippen molar-refractivity contribution in [3.8, 4) is 0 Å². The second kappa shape index (κ2) is 9.05. The molecule has 6 nitrogen and oxygen atoms in total. The zero-order chi connectivity index (χ0) is 22.2. The lowest BCUT2D eigenvalue weighted by molar-refractivity contribution is -0.119. The SMILES string of the molecule is O=C1CCc2cccc3c2N1CC3OCCCCN1CCN(c2nsc3ccccc23)CC1. The Morgan fingerprint density at radius 1 is 1.00 bits per heavy atom. The molecule has 0 radical (unpaired) electrons. The predicted octanol–water partition coefficient (Wildman–Crippen LogP) is 4.25. The standard InChI is InChI=1S/C26H30N4O2S/c31-24-11-10-19-6-5-8-20-22(18-30(24)25(19)20)32-17-4-3-12-28-13-15-29(16-14-28)26-21-7-1-2-9-23(21)33-27-26/h1-2,5-9,22H,3-4,10-18H2. The van der Waals surface area contributed by atoms with Crippen LogP contribution in [0.25, 0.3) is 10.1 Å². The quantitative estimate of drug-likeness (QED) is 0.492. The first-order valence-electron chi connectivity index (χ1n) is 12.1. The second-order valence-corrected chi connectivity index (χ2v) is 10.1. The predicted molar refractivity (Wildman–Crippen MR) is 133 cm³/mol. The van der Waals surface area contributed by atoms with Crippen LogP contribution in [0.1, 0.15) is 36.5 Å². The van der Waals surface area contributed by atoms with Gasteiger partial charge in [0.25, 0.3) is 0 Å². The number of ether oxygens (including phenoxy) is 1. The molecule has 0 saturated carbocycles. The first kappa shape index (κ1) is 21.1. The Morgan fingerprint density at radius 3 is 2.79 bits per heavy atom. The van der Waals surface area contributed by atoms with E-state index in [1.807, 2.05) is 4.90 Å². The third-order valence-electron chi connectivity index (χ3n) is 7.24. The molecule has 1 fully saturated rings.